The molecule has 0 saturated heterocycles. The van der Waals surface area contributed by atoms with Crippen LogP contribution in [0.2, 0.25) is 0 Å². The summed E-state index contributed by atoms with van der Waals surface area (Å²) in [4.78, 5) is 0. The highest BCUT2D eigenvalue weighted by atomic mass is 32.3. The molecule has 0 bridgehead atoms. The average Bonchev–Trinajstić information content (AvgIpc) is 2.71. The molecular weight excluding hydrogens is 428 g/mol. The average molecular weight is 455 g/mol. The van der Waals surface area contributed by atoms with Crippen molar-refractivity contribution in [2.24, 2.45) is 0 Å². The molecule has 0 aromatic heterocycles. The Hall–Kier alpha value is -3.67. The molecule has 0 aliphatic rings. The standard InChI is InChI=1S/2C7H9NO.C6H6O2.H2O4S/c2*1-8-6-2-4-7(9)5-3-6;7-5-1-2-6(8)4-3-5;1-5(2,3)4/h2*2-5,8-9H,1H3;1-4,7-8H;(H2,1,2,3,4). The quantitative estimate of drug-likeness (QED) is 0.211. The lowest BCUT2D eigenvalue weighted by atomic mass is 10.3. The van der Waals surface area contributed by atoms with Gasteiger partial charge in [-0.2, -0.15) is 8.42 Å². The Morgan fingerprint density at radius 3 is 0.839 bits per heavy atom. The highest BCUT2D eigenvalue weighted by molar-refractivity contribution is 7.79. The van der Waals surface area contributed by atoms with E-state index >= 15 is 0 Å². The highest BCUT2D eigenvalue weighted by Crippen LogP contribution is 2.14. The molecule has 0 atom stereocenters. The van der Waals surface area contributed by atoms with Crippen LogP contribution < -0.4 is 10.6 Å². The molecule has 8 N–H and O–H groups in total. The van der Waals surface area contributed by atoms with Crippen molar-refractivity contribution in [3.8, 4) is 23.0 Å². The first-order valence-corrected chi connectivity index (χ1v) is 9.95. The summed E-state index contributed by atoms with van der Waals surface area (Å²) in [6.45, 7) is 0. The minimum absolute atomic E-state index is 0.169. The van der Waals surface area contributed by atoms with Crippen molar-refractivity contribution in [1.82, 2.24) is 0 Å². The molecule has 0 unspecified atom stereocenters. The molecule has 0 saturated carbocycles. The van der Waals surface area contributed by atoms with Crippen LogP contribution in [0, 0.1) is 0 Å². The second-order valence-corrected chi connectivity index (χ2v) is 6.45. The topological polar surface area (TPSA) is 180 Å². The number of nitrogens with one attached hydrogen (secondary N) is 2. The number of aromatic hydroxyl groups is 4. The van der Waals surface area contributed by atoms with Gasteiger partial charge in [-0.15, -0.1) is 0 Å². The lowest BCUT2D eigenvalue weighted by molar-refractivity contribution is 0.381. The van der Waals surface area contributed by atoms with Crippen LogP contribution in [0.1, 0.15) is 0 Å². The van der Waals surface area contributed by atoms with Crippen LogP contribution in [-0.2, 0) is 10.4 Å². The summed E-state index contributed by atoms with van der Waals surface area (Å²) < 4.78 is 31.6. The number of anilines is 2. The molecule has 3 aromatic rings. The van der Waals surface area contributed by atoms with Gasteiger partial charge in [-0.25, -0.2) is 0 Å². The maximum absolute atomic E-state index is 8.82. The van der Waals surface area contributed by atoms with Gasteiger partial charge in [-0.3, -0.25) is 9.11 Å². The lowest BCUT2D eigenvalue weighted by Gasteiger charge is -1.96. The number of phenolic OH excluding ortho intramolecular Hbond substituents is 4. The Morgan fingerprint density at radius 2 is 0.677 bits per heavy atom. The van der Waals surface area contributed by atoms with E-state index < -0.39 is 10.4 Å². The molecule has 0 radical (unpaired) electrons. The van der Waals surface area contributed by atoms with Crippen LogP contribution in [0.3, 0.4) is 0 Å². The highest BCUT2D eigenvalue weighted by Gasteiger charge is 1.87. The molecule has 0 spiro atoms. The summed E-state index contributed by atoms with van der Waals surface area (Å²) in [5.41, 5.74) is 2.01. The van der Waals surface area contributed by atoms with Gasteiger partial charge in [0.1, 0.15) is 23.0 Å². The first kappa shape index (κ1) is 27.3. The zero-order chi connectivity index (χ0) is 23.9. The van der Waals surface area contributed by atoms with Crippen molar-refractivity contribution >= 4 is 21.8 Å². The summed E-state index contributed by atoms with van der Waals surface area (Å²) in [6, 6.07) is 19.5. The van der Waals surface area contributed by atoms with Gasteiger partial charge in [0, 0.05) is 25.5 Å². The molecule has 3 aromatic carbocycles. The minimum atomic E-state index is -4.67. The third-order valence-electron chi connectivity index (χ3n) is 3.16. The second-order valence-electron chi connectivity index (χ2n) is 5.56. The van der Waals surface area contributed by atoms with Gasteiger partial charge < -0.3 is 31.1 Å². The van der Waals surface area contributed by atoms with E-state index in [2.05, 4.69) is 10.6 Å². The van der Waals surface area contributed by atoms with Crippen LogP contribution in [0.25, 0.3) is 0 Å². The summed E-state index contributed by atoms with van der Waals surface area (Å²) >= 11 is 0. The van der Waals surface area contributed by atoms with Crippen molar-refractivity contribution in [3.63, 3.8) is 0 Å². The smallest absolute Gasteiger partial charge is 0.394 e. The van der Waals surface area contributed by atoms with Crippen molar-refractivity contribution in [3.05, 3.63) is 72.8 Å². The molecule has 11 heteroatoms. The monoisotopic (exact) mass is 454 g/mol. The normalized spacial score (nSPS) is 9.42. The van der Waals surface area contributed by atoms with Gasteiger partial charge in [0.05, 0.1) is 0 Å². The van der Waals surface area contributed by atoms with Gasteiger partial charge in [-0.05, 0) is 72.8 Å². The number of hydrogen-bond acceptors (Lipinski definition) is 8. The van der Waals surface area contributed by atoms with E-state index in [9.17, 15) is 0 Å². The van der Waals surface area contributed by atoms with Gasteiger partial charge in [0.2, 0.25) is 0 Å². The number of rotatable bonds is 2. The molecule has 3 rings (SSSR count). The molecule has 170 valence electrons. The summed E-state index contributed by atoms with van der Waals surface area (Å²) in [6.07, 6.45) is 0. The first-order chi connectivity index (χ1) is 14.4. The number of hydrogen-bond donors (Lipinski definition) is 8. The maximum Gasteiger partial charge on any atom is 0.394 e. The fourth-order valence-corrected chi connectivity index (χ4v) is 1.71. The first-order valence-electron chi connectivity index (χ1n) is 8.56. The van der Waals surface area contributed by atoms with Crippen molar-refractivity contribution < 1.29 is 37.9 Å². The molecular formula is C20H26N2O8S. The van der Waals surface area contributed by atoms with E-state index in [1.807, 2.05) is 38.4 Å². The van der Waals surface area contributed by atoms with E-state index in [4.69, 9.17) is 37.9 Å². The van der Waals surface area contributed by atoms with E-state index in [1.54, 1.807) is 24.3 Å². The van der Waals surface area contributed by atoms with Gasteiger partial charge >= 0.3 is 10.4 Å². The third-order valence-corrected chi connectivity index (χ3v) is 3.16. The van der Waals surface area contributed by atoms with Gasteiger partial charge in [0.25, 0.3) is 0 Å². The second kappa shape index (κ2) is 14.3. The molecule has 10 nitrogen and oxygen atoms in total. The zero-order valence-corrected chi connectivity index (χ0v) is 17.7. The van der Waals surface area contributed by atoms with Crippen molar-refractivity contribution in [1.29, 1.82) is 0 Å². The number of benzene rings is 3. The van der Waals surface area contributed by atoms with Crippen LogP contribution in [0.4, 0.5) is 11.4 Å². The lowest BCUT2D eigenvalue weighted by Crippen LogP contribution is -1.89. The molecule has 0 aliphatic carbocycles. The van der Waals surface area contributed by atoms with E-state index in [0.29, 0.717) is 11.5 Å². The molecule has 31 heavy (non-hydrogen) atoms. The SMILES string of the molecule is CNc1ccc(O)cc1.CNc1ccc(O)cc1.O=S(=O)(O)O.Oc1ccc(O)cc1. The van der Waals surface area contributed by atoms with Crippen LogP contribution in [0.15, 0.2) is 72.8 Å². The Balaban J connectivity index is 0.000000396. The zero-order valence-electron chi connectivity index (χ0n) is 16.8. The fraction of sp³-hybridized carbons (Fsp3) is 0.100. The predicted molar refractivity (Wildman–Crippen MR) is 119 cm³/mol. The van der Waals surface area contributed by atoms with E-state index in [1.165, 1.54) is 24.3 Å². The van der Waals surface area contributed by atoms with E-state index in [-0.39, 0.29) is 11.5 Å². The molecule has 0 aliphatic heterocycles. The van der Waals surface area contributed by atoms with Crippen molar-refractivity contribution in [2.45, 2.75) is 0 Å². The molecule has 0 fully saturated rings. The Labute approximate surface area is 180 Å². The Bertz CT molecular complexity index is 887. The largest absolute Gasteiger partial charge is 0.508 e. The maximum atomic E-state index is 8.82. The third kappa shape index (κ3) is 16.9. The molecule has 0 heterocycles. The summed E-state index contributed by atoms with van der Waals surface area (Å²) in [5, 5.41) is 40.8. The summed E-state index contributed by atoms with van der Waals surface area (Å²) in [7, 11) is -0.987. The van der Waals surface area contributed by atoms with Crippen LogP contribution >= 0.6 is 0 Å². The minimum Gasteiger partial charge on any atom is -0.508 e. The van der Waals surface area contributed by atoms with Crippen LogP contribution in [0.5, 0.6) is 23.0 Å². The predicted octanol–water partition coefficient (Wildman–Crippen LogP) is 3.31. The van der Waals surface area contributed by atoms with Crippen LogP contribution in [-0.4, -0.2) is 52.0 Å². The number of phenols is 4. The summed E-state index contributed by atoms with van der Waals surface area (Å²) in [5.74, 6) is 0.939. The fourth-order valence-electron chi connectivity index (χ4n) is 1.71. The van der Waals surface area contributed by atoms with E-state index in [0.717, 1.165) is 11.4 Å². The Morgan fingerprint density at radius 1 is 0.516 bits per heavy atom. The van der Waals surface area contributed by atoms with Gasteiger partial charge in [0.15, 0.2) is 0 Å². The Kier molecular flexibility index (Phi) is 12.6. The molecule has 0 amide bonds. The van der Waals surface area contributed by atoms with Gasteiger partial charge in [-0.1, -0.05) is 0 Å². The van der Waals surface area contributed by atoms with Crippen molar-refractivity contribution in [2.75, 3.05) is 24.7 Å².